The number of carbonyl (C=O) groups is 2. The van der Waals surface area contributed by atoms with Crippen molar-refractivity contribution < 1.29 is 19.1 Å². The van der Waals surface area contributed by atoms with Gasteiger partial charge < -0.3 is 14.8 Å². The van der Waals surface area contributed by atoms with Crippen LogP contribution in [0.5, 0.6) is 11.5 Å². The Labute approximate surface area is 187 Å². The number of benzene rings is 2. The van der Waals surface area contributed by atoms with Crippen molar-refractivity contribution in [3.63, 3.8) is 0 Å². The van der Waals surface area contributed by atoms with Crippen LogP contribution < -0.4 is 20.2 Å². The van der Waals surface area contributed by atoms with E-state index in [9.17, 15) is 9.59 Å². The number of hydrogen-bond acceptors (Lipinski definition) is 6. The number of ether oxygens (including phenoxy) is 2. The Morgan fingerprint density at radius 2 is 1.78 bits per heavy atom. The molecule has 1 heterocycles. The highest BCUT2D eigenvalue weighted by Gasteiger charge is 2.76. The summed E-state index contributed by atoms with van der Waals surface area (Å²) in [7, 11) is 0. The minimum absolute atomic E-state index is 0.178. The predicted octanol–water partition coefficient (Wildman–Crippen LogP) is 3.90. The molecule has 0 radical (unpaired) electrons. The number of carbonyl (C=O) groups excluding carboxylic acids is 2. The van der Waals surface area contributed by atoms with Crippen LogP contribution in [-0.4, -0.2) is 24.2 Å². The Balaban J connectivity index is 1.40. The van der Waals surface area contributed by atoms with Gasteiger partial charge in [0.05, 0.1) is 5.69 Å². The quantitative estimate of drug-likeness (QED) is 0.552. The van der Waals surface area contributed by atoms with E-state index in [1.807, 2.05) is 62.4 Å². The van der Waals surface area contributed by atoms with E-state index in [-0.39, 0.29) is 18.5 Å². The zero-order valence-corrected chi connectivity index (χ0v) is 18.5. The first-order chi connectivity index (χ1) is 15.3. The van der Waals surface area contributed by atoms with Gasteiger partial charge >= 0.3 is 0 Å². The Hall–Kier alpha value is -3.35. The smallest absolute Gasteiger partial charge is 0.234 e. The van der Waals surface area contributed by atoms with Gasteiger partial charge in [0.1, 0.15) is 11.1 Å². The Morgan fingerprint density at radius 1 is 1.03 bits per heavy atom. The standard InChI is InChI=1S/C25H27N3O4/c1-23(2)24(3)11-12-25(23,21(29)20(24)28-27-17-7-5-4-6-8-17)22(30)26-14-16-9-10-18-19(13-16)32-15-31-18/h4-10,13,27H,11-12,14-15H2,1-3H3,(H,26,30). The van der Waals surface area contributed by atoms with E-state index < -0.39 is 16.2 Å². The van der Waals surface area contributed by atoms with E-state index in [1.54, 1.807) is 0 Å². The molecule has 0 aromatic heterocycles. The molecule has 2 aromatic rings. The number of nitrogens with one attached hydrogen (secondary N) is 2. The molecule has 2 aromatic carbocycles. The normalized spacial score (nSPS) is 28.2. The fourth-order valence-corrected chi connectivity index (χ4v) is 5.49. The van der Waals surface area contributed by atoms with Gasteiger partial charge in [0, 0.05) is 12.0 Å². The molecule has 2 saturated carbocycles. The lowest BCUT2D eigenvalue weighted by Gasteiger charge is -2.37. The maximum absolute atomic E-state index is 13.7. The molecule has 0 saturated heterocycles. The number of hydrogen-bond donors (Lipinski definition) is 2. The summed E-state index contributed by atoms with van der Waals surface area (Å²) < 4.78 is 10.8. The topological polar surface area (TPSA) is 89.0 Å². The summed E-state index contributed by atoms with van der Waals surface area (Å²) in [6.45, 7) is 6.60. The molecule has 166 valence electrons. The first kappa shape index (κ1) is 20.5. The molecule has 32 heavy (non-hydrogen) atoms. The summed E-state index contributed by atoms with van der Waals surface area (Å²) in [4.78, 5) is 27.2. The highest BCUT2D eigenvalue weighted by atomic mass is 16.7. The molecule has 1 amide bonds. The maximum Gasteiger partial charge on any atom is 0.234 e. The Morgan fingerprint density at radius 3 is 2.56 bits per heavy atom. The van der Waals surface area contributed by atoms with E-state index in [1.165, 1.54) is 0 Å². The maximum atomic E-state index is 13.7. The van der Waals surface area contributed by atoms with Crippen LogP contribution in [0.15, 0.2) is 53.6 Å². The zero-order chi connectivity index (χ0) is 22.6. The number of fused-ring (bicyclic) bond motifs is 3. The van der Waals surface area contributed by atoms with Crippen molar-refractivity contribution in [2.75, 3.05) is 12.2 Å². The van der Waals surface area contributed by atoms with E-state index in [4.69, 9.17) is 9.47 Å². The third kappa shape index (κ3) is 2.70. The van der Waals surface area contributed by atoms with Crippen LogP contribution in [0, 0.1) is 16.2 Å². The number of rotatable bonds is 5. The van der Waals surface area contributed by atoms with Crippen LogP contribution in [0.1, 0.15) is 39.2 Å². The van der Waals surface area contributed by atoms with E-state index in [2.05, 4.69) is 22.8 Å². The first-order valence-corrected chi connectivity index (χ1v) is 10.9. The van der Waals surface area contributed by atoms with Gasteiger partial charge in [0.25, 0.3) is 0 Å². The minimum atomic E-state index is -1.13. The summed E-state index contributed by atoms with van der Waals surface area (Å²) in [5.74, 6) is 0.952. The van der Waals surface area contributed by atoms with Crippen LogP contribution >= 0.6 is 0 Å². The van der Waals surface area contributed by atoms with Gasteiger partial charge in [-0.05, 0) is 48.1 Å². The zero-order valence-electron chi connectivity index (χ0n) is 18.5. The van der Waals surface area contributed by atoms with Crippen LogP contribution in [0.2, 0.25) is 0 Å². The van der Waals surface area contributed by atoms with Gasteiger partial charge in [-0.3, -0.25) is 15.0 Å². The number of Topliss-reactive ketones (excluding diaryl/α,β-unsaturated/α-hetero) is 1. The number of hydrazone groups is 1. The van der Waals surface area contributed by atoms with Crippen molar-refractivity contribution in [2.24, 2.45) is 21.3 Å². The summed E-state index contributed by atoms with van der Waals surface area (Å²) in [6.07, 6.45) is 1.26. The van der Waals surface area contributed by atoms with Crippen molar-refractivity contribution >= 4 is 23.1 Å². The van der Waals surface area contributed by atoms with Gasteiger partial charge in [-0.25, -0.2) is 0 Å². The molecule has 5 rings (SSSR count). The summed E-state index contributed by atoms with van der Waals surface area (Å²) in [5.41, 5.74) is 2.99. The SMILES string of the molecule is CC12CCC(C(=O)NCc3ccc4c(c3)OCO4)(C(=O)C1=NNc1ccccc1)C2(C)C. The molecule has 7 heteroatoms. The first-order valence-electron chi connectivity index (χ1n) is 10.9. The number of ketones is 1. The third-order valence-electron chi connectivity index (χ3n) is 7.92. The van der Waals surface area contributed by atoms with Gasteiger partial charge in [0.15, 0.2) is 17.3 Å². The number of nitrogens with zero attached hydrogens (tertiary/aromatic N) is 1. The summed E-state index contributed by atoms with van der Waals surface area (Å²) in [5, 5.41) is 7.53. The molecule has 2 fully saturated rings. The van der Waals surface area contributed by atoms with Crippen molar-refractivity contribution in [1.29, 1.82) is 0 Å². The molecule has 0 spiro atoms. The Bertz CT molecular complexity index is 1130. The fourth-order valence-electron chi connectivity index (χ4n) is 5.49. The molecule has 2 aliphatic carbocycles. The second kappa shape index (κ2) is 7.08. The van der Waals surface area contributed by atoms with Crippen molar-refractivity contribution in [3.05, 3.63) is 54.1 Å². The summed E-state index contributed by atoms with van der Waals surface area (Å²) >= 11 is 0. The Kier molecular flexibility index (Phi) is 4.55. The lowest BCUT2D eigenvalue weighted by Crippen LogP contribution is -2.50. The van der Waals surface area contributed by atoms with Crippen LogP contribution in [-0.2, 0) is 16.1 Å². The van der Waals surface area contributed by atoms with Gasteiger partial charge in [-0.2, -0.15) is 5.10 Å². The molecule has 2 unspecified atom stereocenters. The lowest BCUT2D eigenvalue weighted by atomic mass is 9.64. The van der Waals surface area contributed by atoms with Crippen LogP contribution in [0.4, 0.5) is 5.69 Å². The minimum Gasteiger partial charge on any atom is -0.454 e. The molecule has 7 nitrogen and oxygen atoms in total. The van der Waals surface area contributed by atoms with Gasteiger partial charge in [-0.15, -0.1) is 0 Å². The van der Waals surface area contributed by atoms with Crippen LogP contribution in [0.3, 0.4) is 0 Å². The van der Waals surface area contributed by atoms with E-state index >= 15 is 0 Å². The van der Waals surface area contributed by atoms with Gasteiger partial charge in [-0.1, -0.05) is 45.0 Å². The van der Waals surface area contributed by atoms with Gasteiger partial charge in [0.2, 0.25) is 12.7 Å². The predicted molar refractivity (Wildman–Crippen MR) is 120 cm³/mol. The lowest BCUT2D eigenvalue weighted by molar-refractivity contribution is -0.144. The van der Waals surface area contributed by atoms with Crippen molar-refractivity contribution in [1.82, 2.24) is 5.32 Å². The second-order valence-corrected chi connectivity index (χ2v) is 9.50. The number of para-hydroxylation sites is 1. The molecule has 1 aliphatic heterocycles. The molecule has 3 aliphatic rings. The van der Waals surface area contributed by atoms with E-state index in [0.29, 0.717) is 30.2 Å². The monoisotopic (exact) mass is 433 g/mol. The molecule has 2 atom stereocenters. The van der Waals surface area contributed by atoms with Crippen molar-refractivity contribution in [2.45, 2.75) is 40.2 Å². The van der Waals surface area contributed by atoms with E-state index in [0.717, 1.165) is 17.7 Å². The number of anilines is 1. The highest BCUT2D eigenvalue weighted by Crippen LogP contribution is 2.69. The summed E-state index contributed by atoms with van der Waals surface area (Å²) in [6, 6.07) is 15.1. The molecule has 2 bridgehead atoms. The average Bonchev–Trinajstić information content (AvgIpc) is 3.37. The van der Waals surface area contributed by atoms with Crippen molar-refractivity contribution in [3.8, 4) is 11.5 Å². The molecule has 2 N–H and O–H groups in total. The number of amides is 1. The fraction of sp³-hybridized carbons (Fsp3) is 0.400. The average molecular weight is 434 g/mol. The second-order valence-electron chi connectivity index (χ2n) is 9.50. The molecular weight excluding hydrogens is 406 g/mol. The highest BCUT2D eigenvalue weighted by molar-refractivity contribution is 6.50. The van der Waals surface area contributed by atoms with Crippen LogP contribution in [0.25, 0.3) is 0 Å². The molecular formula is C25H27N3O4. The largest absolute Gasteiger partial charge is 0.454 e. The third-order valence-corrected chi connectivity index (χ3v) is 7.92.